The first-order chi connectivity index (χ1) is 12.1. The Morgan fingerprint density at radius 1 is 1.08 bits per heavy atom. The molecule has 2 aromatic rings. The Hall–Kier alpha value is -2.69. The summed E-state index contributed by atoms with van der Waals surface area (Å²) < 4.78 is 17.5. The second-order valence-corrected chi connectivity index (χ2v) is 6.37. The molecule has 5 nitrogen and oxygen atoms in total. The van der Waals surface area contributed by atoms with E-state index >= 15 is 0 Å². The zero-order chi connectivity index (χ0) is 17.4. The van der Waals surface area contributed by atoms with E-state index < -0.39 is 5.79 Å². The van der Waals surface area contributed by atoms with Gasteiger partial charge < -0.3 is 19.5 Å². The van der Waals surface area contributed by atoms with Crippen LogP contribution in [0.5, 0.6) is 17.2 Å². The Balaban J connectivity index is 1.51. The first-order valence-corrected chi connectivity index (χ1v) is 8.69. The first kappa shape index (κ1) is 15.8. The maximum atomic E-state index is 12.7. The summed E-state index contributed by atoms with van der Waals surface area (Å²) in [5, 5.41) is 2.96. The van der Waals surface area contributed by atoms with Crippen LogP contribution in [0.3, 0.4) is 0 Å². The minimum Gasteiger partial charge on any atom is -0.492 e. The lowest BCUT2D eigenvalue weighted by Crippen LogP contribution is -2.36. The average Bonchev–Trinajstić information content (AvgIpc) is 3.23. The molecule has 2 heterocycles. The summed E-state index contributed by atoms with van der Waals surface area (Å²) in [5.41, 5.74) is 1.62. The molecule has 1 N–H and O–H groups in total. The fourth-order valence-corrected chi connectivity index (χ4v) is 3.32. The Morgan fingerprint density at radius 2 is 1.84 bits per heavy atom. The van der Waals surface area contributed by atoms with E-state index in [-0.39, 0.29) is 11.8 Å². The van der Waals surface area contributed by atoms with Crippen LogP contribution in [0.2, 0.25) is 0 Å². The molecule has 1 atom stereocenters. The lowest BCUT2D eigenvalue weighted by Gasteiger charge is -2.24. The Morgan fingerprint density at radius 3 is 2.64 bits per heavy atom. The van der Waals surface area contributed by atoms with Crippen LogP contribution < -0.4 is 19.5 Å². The molecule has 4 rings (SSSR count). The molecule has 0 spiro atoms. The Bertz CT molecular complexity index is 813. The number of carbonyl (C=O) groups is 1. The number of benzene rings is 2. The number of carbonyl (C=O) groups excluding carboxylic acids is 1. The molecule has 0 saturated carbocycles. The summed E-state index contributed by atoms with van der Waals surface area (Å²) in [4.78, 5) is 12.7. The van der Waals surface area contributed by atoms with Crippen molar-refractivity contribution in [1.29, 1.82) is 0 Å². The van der Waals surface area contributed by atoms with Gasteiger partial charge in [0.2, 0.25) is 5.91 Å². The predicted octanol–water partition coefficient (Wildman–Crippen LogP) is 4.09. The molecule has 0 aliphatic carbocycles. The van der Waals surface area contributed by atoms with Crippen LogP contribution in [0.1, 0.15) is 38.2 Å². The van der Waals surface area contributed by atoms with Gasteiger partial charge in [-0.1, -0.05) is 32.0 Å². The molecule has 130 valence electrons. The number of para-hydroxylation sites is 1. The summed E-state index contributed by atoms with van der Waals surface area (Å²) in [6.45, 7) is 4.44. The van der Waals surface area contributed by atoms with E-state index in [0.717, 1.165) is 29.9 Å². The molecular weight excluding hydrogens is 318 g/mol. The van der Waals surface area contributed by atoms with Gasteiger partial charge >= 0.3 is 0 Å². The number of fused-ring (bicyclic) bond motifs is 2. The van der Waals surface area contributed by atoms with E-state index in [0.29, 0.717) is 18.0 Å². The van der Waals surface area contributed by atoms with Crippen molar-refractivity contribution < 1.29 is 19.0 Å². The van der Waals surface area contributed by atoms with Gasteiger partial charge in [-0.05, 0) is 18.2 Å². The van der Waals surface area contributed by atoms with Crippen molar-refractivity contribution in [2.75, 3.05) is 11.9 Å². The molecule has 5 heteroatoms. The molecule has 1 amide bonds. The number of rotatable bonds is 4. The third kappa shape index (κ3) is 2.69. The number of ether oxygens (including phenoxy) is 3. The van der Waals surface area contributed by atoms with E-state index in [9.17, 15) is 4.79 Å². The van der Waals surface area contributed by atoms with Crippen molar-refractivity contribution in [2.45, 2.75) is 38.4 Å². The third-order valence-corrected chi connectivity index (χ3v) is 4.90. The molecule has 2 aliphatic heterocycles. The summed E-state index contributed by atoms with van der Waals surface area (Å²) in [6, 6.07) is 13.2. The summed E-state index contributed by atoms with van der Waals surface area (Å²) in [7, 11) is 0. The summed E-state index contributed by atoms with van der Waals surface area (Å²) in [5.74, 6) is 1.20. The highest BCUT2D eigenvalue weighted by atomic mass is 16.7. The molecule has 0 fully saturated rings. The lowest BCUT2D eigenvalue weighted by molar-refractivity contribution is -0.117. The number of nitrogens with one attached hydrogen (secondary N) is 1. The molecule has 25 heavy (non-hydrogen) atoms. The molecular formula is C20H21NO4. The highest BCUT2D eigenvalue weighted by Crippen LogP contribution is 2.43. The van der Waals surface area contributed by atoms with E-state index in [1.54, 1.807) is 0 Å². The van der Waals surface area contributed by atoms with Gasteiger partial charge in [-0.3, -0.25) is 4.79 Å². The number of anilines is 1. The van der Waals surface area contributed by atoms with Crippen molar-refractivity contribution >= 4 is 11.6 Å². The lowest BCUT2D eigenvalue weighted by atomic mass is 10.0. The van der Waals surface area contributed by atoms with Gasteiger partial charge in [0.15, 0.2) is 11.5 Å². The number of hydrogen-bond acceptors (Lipinski definition) is 4. The van der Waals surface area contributed by atoms with E-state index in [1.807, 2.05) is 56.3 Å². The molecule has 1 unspecified atom stereocenters. The van der Waals surface area contributed by atoms with E-state index in [4.69, 9.17) is 14.2 Å². The highest BCUT2D eigenvalue weighted by Gasteiger charge is 2.38. The maximum Gasteiger partial charge on any atom is 0.251 e. The van der Waals surface area contributed by atoms with Crippen molar-refractivity contribution in [3.63, 3.8) is 0 Å². The van der Waals surface area contributed by atoms with Crippen LogP contribution in [-0.4, -0.2) is 18.3 Å². The number of hydrogen-bond donors (Lipinski definition) is 1. The monoisotopic (exact) mass is 339 g/mol. The predicted molar refractivity (Wildman–Crippen MR) is 94.3 cm³/mol. The normalized spacial score (nSPS) is 19.2. The number of amides is 1. The Labute approximate surface area is 146 Å². The van der Waals surface area contributed by atoms with Crippen molar-refractivity contribution in [3.8, 4) is 17.2 Å². The third-order valence-electron chi connectivity index (χ3n) is 4.90. The van der Waals surface area contributed by atoms with E-state index in [2.05, 4.69) is 5.32 Å². The molecule has 0 aromatic heterocycles. The van der Waals surface area contributed by atoms with Gasteiger partial charge in [0.05, 0.1) is 0 Å². The van der Waals surface area contributed by atoms with Gasteiger partial charge in [0.1, 0.15) is 18.3 Å². The smallest absolute Gasteiger partial charge is 0.251 e. The fourth-order valence-electron chi connectivity index (χ4n) is 3.32. The molecule has 0 bridgehead atoms. The quantitative estimate of drug-likeness (QED) is 0.911. The van der Waals surface area contributed by atoms with Gasteiger partial charge in [0.25, 0.3) is 5.79 Å². The van der Waals surface area contributed by atoms with Crippen LogP contribution in [0.25, 0.3) is 0 Å². The minimum absolute atomic E-state index is 0.0824. The van der Waals surface area contributed by atoms with Gasteiger partial charge in [-0.15, -0.1) is 0 Å². The molecule has 2 aromatic carbocycles. The van der Waals surface area contributed by atoms with Gasteiger partial charge in [-0.25, -0.2) is 0 Å². The second-order valence-electron chi connectivity index (χ2n) is 6.37. The molecule has 2 aliphatic rings. The standard InChI is InChI=1S/C20H21NO4/c1-3-20(4-2)24-17-10-9-13(11-18(17)25-20)21-19(22)15-12-23-16-8-6-5-7-14(15)16/h5-11,15H,3-4,12H2,1-2H3,(H,21,22). The van der Waals surface area contributed by atoms with Crippen LogP contribution >= 0.6 is 0 Å². The summed E-state index contributed by atoms with van der Waals surface area (Å²) in [6.07, 6.45) is 1.52. The maximum absolute atomic E-state index is 12.7. The highest BCUT2D eigenvalue weighted by molar-refractivity contribution is 5.97. The minimum atomic E-state index is -0.594. The van der Waals surface area contributed by atoms with Crippen molar-refractivity contribution in [3.05, 3.63) is 48.0 Å². The van der Waals surface area contributed by atoms with Gasteiger partial charge in [0, 0.05) is 30.2 Å². The van der Waals surface area contributed by atoms with Crippen LogP contribution in [0.15, 0.2) is 42.5 Å². The summed E-state index contributed by atoms with van der Waals surface area (Å²) >= 11 is 0. The van der Waals surface area contributed by atoms with Crippen molar-refractivity contribution in [2.24, 2.45) is 0 Å². The molecule has 0 saturated heterocycles. The zero-order valence-corrected chi connectivity index (χ0v) is 14.4. The largest absolute Gasteiger partial charge is 0.492 e. The first-order valence-electron chi connectivity index (χ1n) is 8.69. The van der Waals surface area contributed by atoms with Crippen LogP contribution in [0.4, 0.5) is 5.69 Å². The topological polar surface area (TPSA) is 56.8 Å². The fraction of sp³-hybridized carbons (Fsp3) is 0.350. The van der Waals surface area contributed by atoms with E-state index in [1.165, 1.54) is 0 Å². The van der Waals surface area contributed by atoms with Crippen LogP contribution in [-0.2, 0) is 4.79 Å². The zero-order valence-electron chi connectivity index (χ0n) is 14.4. The van der Waals surface area contributed by atoms with Crippen LogP contribution in [0, 0.1) is 0 Å². The van der Waals surface area contributed by atoms with Crippen molar-refractivity contribution in [1.82, 2.24) is 0 Å². The van der Waals surface area contributed by atoms with Gasteiger partial charge in [-0.2, -0.15) is 0 Å². The molecule has 0 radical (unpaired) electrons. The SMILES string of the molecule is CCC1(CC)Oc2ccc(NC(=O)C3COc4ccccc43)cc2O1. The Kier molecular flexibility index (Phi) is 3.79. The second kappa shape index (κ2) is 5.99. The average molecular weight is 339 g/mol.